The summed E-state index contributed by atoms with van der Waals surface area (Å²) >= 11 is 1.84. The Morgan fingerprint density at radius 3 is 2.71 bits per heavy atom. The van der Waals surface area contributed by atoms with Gasteiger partial charge in [-0.05, 0) is 38.8 Å². The van der Waals surface area contributed by atoms with Gasteiger partial charge in [-0.15, -0.1) is 11.3 Å². The highest BCUT2D eigenvalue weighted by Gasteiger charge is 2.04. The molecular weight excluding hydrogens is 194 g/mol. The molecule has 0 aliphatic heterocycles. The highest BCUT2D eigenvalue weighted by Crippen LogP contribution is 2.20. The topological polar surface area (TPSA) is 32.3 Å². The summed E-state index contributed by atoms with van der Waals surface area (Å²) in [6.45, 7) is 7.57. The van der Waals surface area contributed by atoms with E-state index in [1.54, 1.807) is 0 Å². The lowest BCUT2D eigenvalue weighted by Crippen LogP contribution is -2.26. The molecular formula is C11H19NOS. The molecule has 2 N–H and O–H groups in total. The molecule has 0 saturated carbocycles. The van der Waals surface area contributed by atoms with Gasteiger partial charge in [-0.3, -0.25) is 0 Å². The van der Waals surface area contributed by atoms with E-state index in [9.17, 15) is 0 Å². The van der Waals surface area contributed by atoms with E-state index in [1.165, 1.54) is 15.3 Å². The maximum atomic E-state index is 8.75. The number of nitrogens with one attached hydrogen (secondary N) is 1. The Kier molecular flexibility index (Phi) is 4.58. The molecule has 0 aliphatic rings. The van der Waals surface area contributed by atoms with Crippen LogP contribution in [0.15, 0.2) is 6.07 Å². The maximum Gasteiger partial charge on any atom is 0.0445 e. The molecule has 0 aromatic carbocycles. The van der Waals surface area contributed by atoms with Gasteiger partial charge in [0.2, 0.25) is 0 Å². The van der Waals surface area contributed by atoms with Crippen LogP contribution in [0.25, 0.3) is 0 Å². The van der Waals surface area contributed by atoms with E-state index in [-0.39, 0.29) is 6.61 Å². The van der Waals surface area contributed by atoms with Gasteiger partial charge < -0.3 is 10.4 Å². The molecule has 0 aliphatic carbocycles. The van der Waals surface area contributed by atoms with E-state index in [4.69, 9.17) is 5.11 Å². The number of rotatable bonds is 5. The van der Waals surface area contributed by atoms with Crippen molar-refractivity contribution in [3.8, 4) is 0 Å². The van der Waals surface area contributed by atoms with E-state index in [1.807, 2.05) is 11.3 Å². The van der Waals surface area contributed by atoms with Crippen molar-refractivity contribution in [1.29, 1.82) is 0 Å². The Morgan fingerprint density at radius 1 is 1.50 bits per heavy atom. The van der Waals surface area contributed by atoms with Crippen LogP contribution >= 0.6 is 11.3 Å². The van der Waals surface area contributed by atoms with E-state index >= 15 is 0 Å². The lowest BCUT2D eigenvalue weighted by molar-refractivity contribution is 0.268. The molecule has 1 aromatic rings. The SMILES string of the molecule is Cc1cc(CNC(C)CCO)c(C)s1. The quantitative estimate of drug-likeness (QED) is 0.786. The minimum Gasteiger partial charge on any atom is -0.396 e. The van der Waals surface area contributed by atoms with Crippen LogP contribution in [0.5, 0.6) is 0 Å². The van der Waals surface area contributed by atoms with Crippen LogP contribution in [-0.2, 0) is 6.54 Å². The van der Waals surface area contributed by atoms with Crippen LogP contribution in [0.4, 0.5) is 0 Å². The second-order valence-electron chi connectivity index (χ2n) is 3.73. The highest BCUT2D eigenvalue weighted by molar-refractivity contribution is 7.12. The Morgan fingerprint density at radius 2 is 2.21 bits per heavy atom. The molecule has 0 amide bonds. The normalized spacial score (nSPS) is 13.1. The molecule has 0 fully saturated rings. The zero-order chi connectivity index (χ0) is 10.6. The lowest BCUT2D eigenvalue weighted by Gasteiger charge is -2.11. The summed E-state index contributed by atoms with van der Waals surface area (Å²) in [5.74, 6) is 0. The summed E-state index contributed by atoms with van der Waals surface area (Å²) in [5, 5.41) is 12.2. The molecule has 3 heteroatoms. The largest absolute Gasteiger partial charge is 0.396 e. The zero-order valence-corrected chi connectivity index (χ0v) is 9.95. The lowest BCUT2D eigenvalue weighted by atomic mass is 10.2. The van der Waals surface area contributed by atoms with Gasteiger partial charge in [0.1, 0.15) is 0 Å². The number of aliphatic hydroxyl groups is 1. The summed E-state index contributed by atoms with van der Waals surface area (Å²) < 4.78 is 0. The van der Waals surface area contributed by atoms with Crippen LogP contribution in [0.3, 0.4) is 0 Å². The fourth-order valence-corrected chi connectivity index (χ4v) is 2.39. The van der Waals surface area contributed by atoms with E-state index in [0.717, 1.165) is 13.0 Å². The molecule has 0 bridgehead atoms. The van der Waals surface area contributed by atoms with Gasteiger partial charge in [0.15, 0.2) is 0 Å². The number of aliphatic hydroxyl groups excluding tert-OH is 1. The van der Waals surface area contributed by atoms with E-state index in [0.29, 0.717) is 6.04 Å². The summed E-state index contributed by atoms with van der Waals surface area (Å²) in [6.07, 6.45) is 0.822. The van der Waals surface area contributed by atoms with Crippen molar-refractivity contribution in [2.24, 2.45) is 0 Å². The van der Waals surface area contributed by atoms with Crippen molar-refractivity contribution in [3.05, 3.63) is 21.4 Å². The van der Waals surface area contributed by atoms with Gasteiger partial charge in [0.05, 0.1) is 0 Å². The van der Waals surface area contributed by atoms with Gasteiger partial charge in [0.25, 0.3) is 0 Å². The molecule has 1 heterocycles. The molecule has 14 heavy (non-hydrogen) atoms. The van der Waals surface area contributed by atoms with Crippen molar-refractivity contribution < 1.29 is 5.11 Å². The molecule has 80 valence electrons. The third-order valence-electron chi connectivity index (χ3n) is 2.35. The van der Waals surface area contributed by atoms with Gasteiger partial charge in [-0.1, -0.05) is 0 Å². The average Bonchev–Trinajstić information content (AvgIpc) is 2.42. The third-order valence-corrected chi connectivity index (χ3v) is 3.36. The average molecular weight is 213 g/mol. The Hall–Kier alpha value is -0.380. The Labute approximate surface area is 90.0 Å². The third kappa shape index (κ3) is 3.40. The standard InChI is InChI=1S/C11H19NOS/c1-8(4-5-13)12-7-11-6-9(2)14-10(11)3/h6,8,12-13H,4-5,7H2,1-3H3. The first-order valence-corrected chi connectivity index (χ1v) is 5.85. The van der Waals surface area contributed by atoms with Gasteiger partial charge in [-0.2, -0.15) is 0 Å². The van der Waals surface area contributed by atoms with Crippen LogP contribution in [-0.4, -0.2) is 17.8 Å². The molecule has 1 aromatic heterocycles. The maximum absolute atomic E-state index is 8.75. The molecule has 1 atom stereocenters. The van der Waals surface area contributed by atoms with Crippen molar-refractivity contribution >= 4 is 11.3 Å². The molecule has 2 nitrogen and oxygen atoms in total. The summed E-state index contributed by atoms with van der Waals surface area (Å²) in [6, 6.07) is 2.62. The van der Waals surface area contributed by atoms with Crippen molar-refractivity contribution in [3.63, 3.8) is 0 Å². The number of thiophene rings is 1. The number of hydrogen-bond acceptors (Lipinski definition) is 3. The van der Waals surface area contributed by atoms with Gasteiger partial charge in [0, 0.05) is 28.9 Å². The van der Waals surface area contributed by atoms with Crippen LogP contribution < -0.4 is 5.32 Å². The molecule has 0 spiro atoms. The first-order valence-electron chi connectivity index (χ1n) is 5.03. The molecule has 1 rings (SSSR count). The van der Waals surface area contributed by atoms with Gasteiger partial charge >= 0.3 is 0 Å². The Bertz CT molecular complexity index is 283. The summed E-state index contributed by atoms with van der Waals surface area (Å²) in [4.78, 5) is 2.76. The minimum absolute atomic E-state index is 0.260. The van der Waals surface area contributed by atoms with Crippen LogP contribution in [0, 0.1) is 13.8 Å². The molecule has 0 saturated heterocycles. The van der Waals surface area contributed by atoms with Crippen molar-refractivity contribution in [2.45, 2.75) is 39.8 Å². The van der Waals surface area contributed by atoms with Gasteiger partial charge in [-0.25, -0.2) is 0 Å². The van der Waals surface area contributed by atoms with E-state index < -0.39 is 0 Å². The summed E-state index contributed by atoms with van der Waals surface area (Å²) in [7, 11) is 0. The Balaban J connectivity index is 2.41. The van der Waals surface area contributed by atoms with E-state index in [2.05, 4.69) is 32.2 Å². The highest BCUT2D eigenvalue weighted by atomic mass is 32.1. The minimum atomic E-state index is 0.260. The number of hydrogen-bond donors (Lipinski definition) is 2. The second kappa shape index (κ2) is 5.49. The fraction of sp³-hybridized carbons (Fsp3) is 0.636. The predicted octanol–water partition coefficient (Wildman–Crippen LogP) is 2.23. The smallest absolute Gasteiger partial charge is 0.0445 e. The van der Waals surface area contributed by atoms with Crippen LogP contribution in [0.1, 0.15) is 28.7 Å². The fourth-order valence-electron chi connectivity index (χ4n) is 1.44. The first kappa shape index (κ1) is 11.7. The molecule has 1 unspecified atom stereocenters. The monoisotopic (exact) mass is 213 g/mol. The summed E-state index contributed by atoms with van der Waals surface area (Å²) in [5.41, 5.74) is 1.39. The first-order chi connectivity index (χ1) is 6.63. The second-order valence-corrected chi connectivity index (χ2v) is 5.19. The zero-order valence-electron chi connectivity index (χ0n) is 9.13. The predicted molar refractivity (Wildman–Crippen MR) is 61.8 cm³/mol. The van der Waals surface area contributed by atoms with Crippen LogP contribution in [0.2, 0.25) is 0 Å². The molecule has 0 radical (unpaired) electrons. The van der Waals surface area contributed by atoms with Crippen molar-refractivity contribution in [1.82, 2.24) is 5.32 Å². The number of aryl methyl sites for hydroxylation is 2. The van der Waals surface area contributed by atoms with Crippen molar-refractivity contribution in [2.75, 3.05) is 6.61 Å².